The number of ether oxygens (including phenoxy) is 1. The smallest absolute Gasteiger partial charge is 0.307 e. The van der Waals surface area contributed by atoms with E-state index in [0.717, 1.165) is 44.8 Å². The third-order valence-electron chi connectivity index (χ3n) is 13.1. The molecule has 0 saturated heterocycles. The Morgan fingerprint density at radius 2 is 1.05 bits per heavy atom. The van der Waals surface area contributed by atoms with Gasteiger partial charge in [0.05, 0.1) is 16.6 Å². The number of hydrogen-bond donors (Lipinski definition) is 0. The maximum absolute atomic E-state index is 7.21. The molecule has 282 valence electrons. The summed E-state index contributed by atoms with van der Waals surface area (Å²) < 4.78 is 16.0. The Balaban J connectivity index is 1.03. The van der Waals surface area contributed by atoms with Gasteiger partial charge in [0.25, 0.3) is 0 Å². The van der Waals surface area contributed by atoms with Gasteiger partial charge in [-0.15, -0.1) is 0 Å². The van der Waals surface area contributed by atoms with E-state index in [1.807, 2.05) is 12.1 Å². The fourth-order valence-electron chi connectivity index (χ4n) is 10.1. The van der Waals surface area contributed by atoms with Crippen LogP contribution in [0.4, 0.5) is 0 Å². The lowest BCUT2D eigenvalue weighted by Gasteiger charge is -2.35. The van der Waals surface area contributed by atoms with Gasteiger partial charge in [-0.05, 0) is 134 Å². The number of hydrogen-bond acceptors (Lipinski definition) is 3. The van der Waals surface area contributed by atoms with E-state index in [1.54, 1.807) is 0 Å². The molecular formula is C54H40N2O2Si. The monoisotopic (exact) mass is 776 g/mol. The van der Waals surface area contributed by atoms with E-state index in [-0.39, 0.29) is 0 Å². The van der Waals surface area contributed by atoms with Gasteiger partial charge < -0.3 is 9.15 Å². The van der Waals surface area contributed by atoms with Gasteiger partial charge in [-0.3, -0.25) is 4.40 Å². The van der Waals surface area contributed by atoms with Crippen molar-refractivity contribution in [3.05, 3.63) is 168 Å². The summed E-state index contributed by atoms with van der Waals surface area (Å²) in [5, 5.41) is 2.60. The summed E-state index contributed by atoms with van der Waals surface area (Å²) in [6.07, 6.45) is 0. The van der Waals surface area contributed by atoms with Crippen molar-refractivity contribution in [1.82, 2.24) is 9.38 Å². The molecule has 0 N–H and O–H groups in total. The molecule has 59 heavy (non-hydrogen) atoms. The summed E-state index contributed by atoms with van der Waals surface area (Å²) in [5.74, 6) is 2.56. The molecule has 2 aromatic heterocycles. The van der Waals surface area contributed by atoms with Gasteiger partial charge in [-0.2, -0.15) is 4.98 Å². The second-order valence-corrected chi connectivity index (χ2v) is 21.2. The summed E-state index contributed by atoms with van der Waals surface area (Å²) in [4.78, 5) is 4.84. The number of para-hydroxylation sites is 2. The molecule has 0 saturated carbocycles. The van der Waals surface area contributed by atoms with Gasteiger partial charge in [0.2, 0.25) is 0 Å². The molecule has 3 heterocycles. The lowest BCUT2D eigenvalue weighted by Crippen LogP contribution is -2.56. The van der Waals surface area contributed by atoms with E-state index in [1.165, 1.54) is 82.7 Å². The molecule has 5 heteroatoms. The van der Waals surface area contributed by atoms with E-state index >= 15 is 0 Å². The molecule has 0 radical (unpaired) electrons. The molecule has 8 aromatic carbocycles. The van der Waals surface area contributed by atoms with Crippen LogP contribution in [0.25, 0.3) is 94.7 Å². The number of nitrogens with zero attached hydrogens (tertiary/aromatic N) is 2. The molecule has 1 aliphatic carbocycles. The number of benzene rings is 8. The van der Waals surface area contributed by atoms with Crippen LogP contribution < -0.4 is 15.1 Å². The lowest BCUT2D eigenvalue weighted by atomic mass is 9.80. The highest BCUT2D eigenvalue weighted by Crippen LogP contribution is 2.50. The molecule has 0 spiro atoms. The van der Waals surface area contributed by atoms with Crippen molar-refractivity contribution in [1.29, 1.82) is 0 Å². The molecule has 12 rings (SSSR count). The molecule has 1 aliphatic heterocycles. The maximum Gasteiger partial charge on any atom is 0.307 e. The molecule has 0 fully saturated rings. The molecule has 0 bridgehead atoms. The largest absolute Gasteiger partial charge is 0.457 e. The number of oxazole rings is 1. The first-order valence-electron chi connectivity index (χ1n) is 20.5. The Hall–Kier alpha value is -6.95. The van der Waals surface area contributed by atoms with E-state index in [9.17, 15) is 0 Å². The van der Waals surface area contributed by atoms with Crippen molar-refractivity contribution in [2.75, 3.05) is 0 Å². The first-order chi connectivity index (χ1) is 28.8. The highest BCUT2D eigenvalue weighted by Gasteiger charge is 2.39. The van der Waals surface area contributed by atoms with E-state index in [0.29, 0.717) is 5.84 Å². The summed E-state index contributed by atoms with van der Waals surface area (Å²) >= 11 is 0. The zero-order valence-corrected chi connectivity index (χ0v) is 34.6. The second kappa shape index (κ2) is 12.3. The summed E-state index contributed by atoms with van der Waals surface area (Å²) in [6, 6.07) is 55.5. The highest BCUT2D eigenvalue weighted by molar-refractivity contribution is 7.02. The number of aryl methyl sites for hydroxylation is 3. The average Bonchev–Trinajstić information content (AvgIpc) is 3.79. The Bertz CT molecular complexity index is 3430. The van der Waals surface area contributed by atoms with Crippen LogP contribution >= 0.6 is 0 Å². The summed E-state index contributed by atoms with van der Waals surface area (Å²) in [7, 11) is -2.31. The Morgan fingerprint density at radius 1 is 0.475 bits per heavy atom. The van der Waals surface area contributed by atoms with Crippen molar-refractivity contribution in [3.63, 3.8) is 0 Å². The fourth-order valence-corrected chi connectivity index (χ4v) is 12.9. The van der Waals surface area contributed by atoms with Crippen molar-refractivity contribution < 1.29 is 9.15 Å². The third-order valence-corrected chi connectivity index (χ3v) is 16.6. The second-order valence-electron chi connectivity index (χ2n) is 16.8. The molecule has 0 amide bonds. The van der Waals surface area contributed by atoms with Crippen LogP contribution in [0.5, 0.6) is 11.5 Å². The number of aromatic nitrogens is 2. The number of imidazole rings is 1. The Kier molecular flexibility index (Phi) is 7.10. The normalized spacial score (nSPS) is 13.4. The van der Waals surface area contributed by atoms with Crippen molar-refractivity contribution in [3.8, 4) is 78.3 Å². The van der Waals surface area contributed by atoms with E-state index in [4.69, 9.17) is 14.1 Å². The lowest BCUT2D eigenvalue weighted by molar-refractivity contribution is 0.488. The minimum absolute atomic E-state index is 0.615. The fraction of sp³-hybridized carbons (Fsp3) is 0.0926. The predicted molar refractivity (Wildman–Crippen MR) is 246 cm³/mol. The van der Waals surface area contributed by atoms with Crippen molar-refractivity contribution >= 4 is 46.4 Å². The number of fused-ring (bicyclic) bond motifs is 15. The highest BCUT2D eigenvalue weighted by atomic mass is 28.3. The van der Waals surface area contributed by atoms with Crippen LogP contribution in [0.1, 0.15) is 16.7 Å². The van der Waals surface area contributed by atoms with Crippen LogP contribution in [0.3, 0.4) is 0 Å². The van der Waals surface area contributed by atoms with Crippen LogP contribution in [-0.2, 0) is 0 Å². The molecule has 0 atom stereocenters. The van der Waals surface area contributed by atoms with Gasteiger partial charge in [0, 0.05) is 11.1 Å². The van der Waals surface area contributed by atoms with Gasteiger partial charge in [-0.1, -0.05) is 134 Å². The van der Waals surface area contributed by atoms with Gasteiger partial charge >= 0.3 is 5.84 Å². The standard InChI is InChI=1S/C54H40N2O2Si/c1-31-23-27-48-53(50(31)34-24-25-41-39-18-9-8-16-37(39)35-14-6-7-15-36(35)38-17-10-11-19-40(38)43(41)29-34)57-47-28-33(3)42(30-49(47)59(48,4)5)51-32(2)22-26-46-52(51)58-54-55-44-20-12-13-21-45(44)56(46)54/h6-30H,1-5H3. The zero-order chi connectivity index (χ0) is 39.7. The predicted octanol–water partition coefficient (Wildman–Crippen LogP) is 13.4. The van der Waals surface area contributed by atoms with Crippen molar-refractivity contribution in [2.45, 2.75) is 33.9 Å². The average molecular weight is 777 g/mol. The van der Waals surface area contributed by atoms with Gasteiger partial charge in [0.1, 0.15) is 19.6 Å². The van der Waals surface area contributed by atoms with Crippen molar-refractivity contribution in [2.24, 2.45) is 0 Å². The quantitative estimate of drug-likeness (QED) is 0.164. The van der Waals surface area contributed by atoms with Crippen LogP contribution in [0, 0.1) is 20.8 Å². The van der Waals surface area contributed by atoms with E-state index < -0.39 is 8.07 Å². The van der Waals surface area contributed by atoms with E-state index in [2.05, 4.69) is 178 Å². The SMILES string of the molecule is Cc1cc2c(cc1-c1c(C)ccc3c1oc1nc4ccccc4n13)[Si](C)(C)c1ccc(C)c(-c3ccc4c(c3)-c3ccccc3-c3ccccc3-c3ccccc3-4)c1O2. The number of rotatable bonds is 2. The van der Waals surface area contributed by atoms with Gasteiger partial charge in [0.15, 0.2) is 5.58 Å². The topological polar surface area (TPSA) is 39.7 Å². The maximum atomic E-state index is 7.21. The van der Waals surface area contributed by atoms with Gasteiger partial charge in [-0.25, -0.2) is 0 Å². The first-order valence-corrected chi connectivity index (χ1v) is 23.5. The summed E-state index contributed by atoms with van der Waals surface area (Å²) in [5.41, 5.74) is 22.0. The molecule has 2 aliphatic rings. The van der Waals surface area contributed by atoms with Crippen LogP contribution in [0.15, 0.2) is 156 Å². The Morgan fingerprint density at radius 3 is 1.73 bits per heavy atom. The Labute approximate surface area is 344 Å². The first kappa shape index (κ1) is 34.1. The molecule has 4 nitrogen and oxygen atoms in total. The minimum atomic E-state index is -2.31. The molecular weight excluding hydrogens is 737 g/mol. The molecule has 0 unspecified atom stereocenters. The minimum Gasteiger partial charge on any atom is -0.457 e. The van der Waals surface area contributed by atoms with Crippen LogP contribution in [-0.4, -0.2) is 17.5 Å². The zero-order valence-electron chi connectivity index (χ0n) is 33.6. The van der Waals surface area contributed by atoms with Crippen LogP contribution in [0.2, 0.25) is 13.1 Å². The third kappa shape index (κ3) is 4.79. The molecule has 10 aromatic rings. The summed E-state index contributed by atoms with van der Waals surface area (Å²) in [6.45, 7) is 11.5.